The molecule has 1 amide bonds. The van der Waals surface area contributed by atoms with Gasteiger partial charge in [-0.05, 0) is 17.2 Å². The summed E-state index contributed by atoms with van der Waals surface area (Å²) in [5, 5.41) is 3.14. The van der Waals surface area contributed by atoms with Crippen molar-refractivity contribution in [2.24, 2.45) is 0 Å². The monoisotopic (exact) mass is 374 g/mol. The van der Waals surface area contributed by atoms with Crippen molar-refractivity contribution < 1.29 is 14.3 Å². The van der Waals surface area contributed by atoms with Crippen LogP contribution in [0.25, 0.3) is 0 Å². The number of nitrogens with one attached hydrogen (secondary N) is 1. The van der Waals surface area contributed by atoms with Crippen molar-refractivity contribution in [1.29, 1.82) is 0 Å². The summed E-state index contributed by atoms with van der Waals surface area (Å²) in [6.07, 6.45) is 2.43. The number of hydrogen-bond donors (Lipinski definition) is 1. The van der Waals surface area contributed by atoms with E-state index in [1.165, 1.54) is 0 Å². The highest BCUT2D eigenvalue weighted by atomic mass is 16.5. The van der Waals surface area contributed by atoms with Crippen molar-refractivity contribution >= 4 is 5.91 Å². The number of benzene rings is 2. The lowest BCUT2D eigenvalue weighted by Crippen LogP contribution is -2.29. The molecule has 1 N–H and O–H groups in total. The molecule has 0 radical (unpaired) electrons. The van der Waals surface area contributed by atoms with Crippen molar-refractivity contribution in [2.45, 2.75) is 18.6 Å². The molecular weight excluding hydrogens is 352 g/mol. The molecule has 1 aromatic heterocycles. The van der Waals surface area contributed by atoms with Crippen LogP contribution in [0.2, 0.25) is 0 Å². The van der Waals surface area contributed by atoms with E-state index in [1.807, 2.05) is 60.7 Å². The summed E-state index contributed by atoms with van der Waals surface area (Å²) in [4.78, 5) is 17.2. The fraction of sp³-hybridized carbons (Fsp3) is 0.217. The average Bonchev–Trinajstić information content (AvgIpc) is 3.26. The lowest BCUT2D eigenvalue weighted by atomic mass is 9.98. The van der Waals surface area contributed by atoms with Gasteiger partial charge in [-0.25, -0.2) is 4.98 Å². The van der Waals surface area contributed by atoms with E-state index >= 15 is 0 Å². The van der Waals surface area contributed by atoms with Gasteiger partial charge in [0.15, 0.2) is 0 Å². The van der Waals surface area contributed by atoms with Gasteiger partial charge in [-0.2, -0.15) is 0 Å². The molecule has 1 aliphatic heterocycles. The van der Waals surface area contributed by atoms with E-state index in [0.29, 0.717) is 24.7 Å². The molecule has 5 heteroatoms. The normalized spacial score (nSPS) is 16.1. The largest absolute Gasteiger partial charge is 0.472 e. The number of amides is 1. The number of carbonyl (C=O) groups is 1. The summed E-state index contributed by atoms with van der Waals surface area (Å²) in [5.74, 6) is 0.270. The van der Waals surface area contributed by atoms with Crippen LogP contribution in [0.3, 0.4) is 0 Å². The Kier molecular flexibility index (Phi) is 5.64. The SMILES string of the molecule is O=C(NC(c1ccccc1)c1ccccc1)c1ccnc(OC2CCOC2)c1. The zero-order valence-electron chi connectivity index (χ0n) is 15.5. The molecule has 0 spiro atoms. The minimum absolute atomic E-state index is 0.00722. The van der Waals surface area contributed by atoms with Crippen molar-refractivity contribution in [3.05, 3.63) is 95.7 Å². The first-order chi connectivity index (χ1) is 13.8. The topological polar surface area (TPSA) is 60.5 Å². The summed E-state index contributed by atoms with van der Waals surface area (Å²) in [6, 6.07) is 23.0. The predicted molar refractivity (Wildman–Crippen MR) is 106 cm³/mol. The Balaban J connectivity index is 1.54. The van der Waals surface area contributed by atoms with E-state index in [9.17, 15) is 4.79 Å². The summed E-state index contributed by atoms with van der Waals surface area (Å²) in [6.45, 7) is 1.25. The Morgan fingerprint density at radius 3 is 2.32 bits per heavy atom. The first kappa shape index (κ1) is 18.2. The van der Waals surface area contributed by atoms with Crippen LogP contribution < -0.4 is 10.1 Å². The molecule has 1 unspecified atom stereocenters. The Labute approximate surface area is 164 Å². The van der Waals surface area contributed by atoms with Gasteiger partial charge in [-0.1, -0.05) is 60.7 Å². The molecule has 1 saturated heterocycles. The number of hydrogen-bond acceptors (Lipinski definition) is 4. The van der Waals surface area contributed by atoms with Crippen molar-refractivity contribution in [2.75, 3.05) is 13.2 Å². The molecule has 0 saturated carbocycles. The molecule has 5 nitrogen and oxygen atoms in total. The Hall–Kier alpha value is -3.18. The minimum atomic E-state index is -0.240. The molecule has 0 aliphatic carbocycles. The number of rotatable bonds is 6. The molecule has 1 atom stereocenters. The summed E-state index contributed by atoms with van der Waals surface area (Å²) >= 11 is 0. The van der Waals surface area contributed by atoms with Gasteiger partial charge in [-0.3, -0.25) is 4.79 Å². The van der Waals surface area contributed by atoms with Crippen LogP contribution in [-0.4, -0.2) is 30.2 Å². The van der Waals surface area contributed by atoms with E-state index in [4.69, 9.17) is 9.47 Å². The molecule has 3 aromatic rings. The van der Waals surface area contributed by atoms with Gasteiger partial charge in [0.05, 0.1) is 19.3 Å². The van der Waals surface area contributed by atoms with Gasteiger partial charge in [0, 0.05) is 24.2 Å². The van der Waals surface area contributed by atoms with Crippen molar-refractivity contribution in [3.8, 4) is 5.88 Å². The number of ether oxygens (including phenoxy) is 2. The summed E-state index contributed by atoms with van der Waals surface area (Å²) in [5.41, 5.74) is 2.56. The number of nitrogens with zero attached hydrogens (tertiary/aromatic N) is 1. The van der Waals surface area contributed by atoms with Crippen molar-refractivity contribution in [3.63, 3.8) is 0 Å². The lowest BCUT2D eigenvalue weighted by Gasteiger charge is -2.20. The second-order valence-corrected chi connectivity index (χ2v) is 6.71. The van der Waals surface area contributed by atoms with E-state index in [1.54, 1.807) is 18.3 Å². The molecular formula is C23H22N2O3. The quantitative estimate of drug-likeness (QED) is 0.714. The van der Waals surface area contributed by atoms with Gasteiger partial charge in [0.2, 0.25) is 5.88 Å². The number of aromatic nitrogens is 1. The van der Waals surface area contributed by atoms with Crippen LogP contribution in [0.15, 0.2) is 79.0 Å². The zero-order valence-corrected chi connectivity index (χ0v) is 15.5. The maximum atomic E-state index is 13.0. The lowest BCUT2D eigenvalue weighted by molar-refractivity contribution is 0.0941. The maximum Gasteiger partial charge on any atom is 0.252 e. The highest BCUT2D eigenvalue weighted by Crippen LogP contribution is 2.23. The molecule has 2 heterocycles. The highest BCUT2D eigenvalue weighted by Gasteiger charge is 2.20. The molecule has 4 rings (SSSR count). The van der Waals surface area contributed by atoms with Gasteiger partial charge in [-0.15, -0.1) is 0 Å². The fourth-order valence-corrected chi connectivity index (χ4v) is 3.26. The third kappa shape index (κ3) is 4.38. The van der Waals surface area contributed by atoms with Crippen LogP contribution >= 0.6 is 0 Å². The van der Waals surface area contributed by atoms with E-state index < -0.39 is 0 Å². The molecule has 1 aliphatic rings. The van der Waals surface area contributed by atoms with Crippen LogP contribution in [0.1, 0.15) is 33.9 Å². The highest BCUT2D eigenvalue weighted by molar-refractivity contribution is 5.94. The second kappa shape index (κ2) is 8.67. The Morgan fingerprint density at radius 2 is 1.71 bits per heavy atom. The predicted octanol–water partition coefficient (Wildman–Crippen LogP) is 3.77. The van der Waals surface area contributed by atoms with E-state index in [0.717, 1.165) is 17.5 Å². The first-order valence-electron chi connectivity index (χ1n) is 9.41. The standard InChI is InChI=1S/C23H22N2O3/c26-23(19-11-13-24-21(15-19)28-20-12-14-27-16-20)25-22(17-7-3-1-4-8-17)18-9-5-2-6-10-18/h1-11,13,15,20,22H,12,14,16H2,(H,25,26). The second-order valence-electron chi connectivity index (χ2n) is 6.71. The fourth-order valence-electron chi connectivity index (χ4n) is 3.26. The molecule has 0 bridgehead atoms. The Morgan fingerprint density at radius 1 is 1.04 bits per heavy atom. The first-order valence-corrected chi connectivity index (χ1v) is 9.41. The molecule has 1 fully saturated rings. The third-order valence-electron chi connectivity index (χ3n) is 4.71. The molecule has 2 aromatic carbocycles. The average molecular weight is 374 g/mol. The summed E-state index contributed by atoms with van der Waals surface area (Å²) in [7, 11) is 0. The third-order valence-corrected chi connectivity index (χ3v) is 4.71. The van der Waals surface area contributed by atoms with Crippen LogP contribution in [-0.2, 0) is 4.74 Å². The van der Waals surface area contributed by atoms with E-state index in [-0.39, 0.29) is 18.1 Å². The van der Waals surface area contributed by atoms with Crippen molar-refractivity contribution in [1.82, 2.24) is 10.3 Å². The minimum Gasteiger partial charge on any atom is -0.472 e. The zero-order chi connectivity index (χ0) is 19.2. The smallest absolute Gasteiger partial charge is 0.252 e. The van der Waals surface area contributed by atoms with Gasteiger partial charge in [0.1, 0.15) is 6.10 Å². The number of carbonyl (C=O) groups excluding carboxylic acids is 1. The van der Waals surface area contributed by atoms with Gasteiger partial charge < -0.3 is 14.8 Å². The van der Waals surface area contributed by atoms with Crippen LogP contribution in [0.5, 0.6) is 5.88 Å². The maximum absolute atomic E-state index is 13.0. The van der Waals surface area contributed by atoms with Gasteiger partial charge in [0.25, 0.3) is 5.91 Å². The Bertz CT molecular complexity index is 870. The molecule has 142 valence electrons. The van der Waals surface area contributed by atoms with Crippen LogP contribution in [0.4, 0.5) is 0 Å². The van der Waals surface area contributed by atoms with Crippen LogP contribution in [0, 0.1) is 0 Å². The number of pyridine rings is 1. The van der Waals surface area contributed by atoms with E-state index in [2.05, 4.69) is 10.3 Å². The summed E-state index contributed by atoms with van der Waals surface area (Å²) < 4.78 is 11.1. The molecule has 28 heavy (non-hydrogen) atoms. The van der Waals surface area contributed by atoms with Gasteiger partial charge >= 0.3 is 0 Å².